The molecule has 1 aliphatic carbocycles. The van der Waals surface area contributed by atoms with E-state index in [0.717, 1.165) is 16.0 Å². The van der Waals surface area contributed by atoms with E-state index in [1.54, 1.807) is 0 Å². The first-order valence-corrected chi connectivity index (χ1v) is 8.20. The quantitative estimate of drug-likeness (QED) is 0.804. The zero-order valence-corrected chi connectivity index (χ0v) is 13.7. The summed E-state index contributed by atoms with van der Waals surface area (Å²) in [5.74, 6) is 0.545. The fourth-order valence-corrected chi connectivity index (χ4v) is 3.27. The van der Waals surface area contributed by atoms with Crippen molar-refractivity contribution in [1.82, 2.24) is 5.32 Å². The average Bonchev–Trinajstić information content (AvgIpc) is 2.42. The molecule has 0 spiro atoms. The number of nitrogens with one attached hydrogen (secondary N) is 1. The normalized spacial score (nSPS) is 16.5. The van der Waals surface area contributed by atoms with Gasteiger partial charge in [-0.05, 0) is 49.1 Å². The van der Waals surface area contributed by atoms with Crippen LogP contribution < -0.4 is 5.32 Å². The van der Waals surface area contributed by atoms with Crippen LogP contribution in [0.3, 0.4) is 0 Å². The molecule has 3 heteroatoms. The summed E-state index contributed by atoms with van der Waals surface area (Å²) in [4.78, 5) is 0. The molecule has 1 N–H and O–H groups in total. The van der Waals surface area contributed by atoms with Gasteiger partial charge in [0.05, 0.1) is 6.04 Å². The monoisotopic (exact) mass is 347 g/mol. The van der Waals surface area contributed by atoms with Gasteiger partial charge in [-0.2, -0.15) is 0 Å². The van der Waals surface area contributed by atoms with Crippen molar-refractivity contribution >= 4 is 15.9 Å². The molecule has 2 aromatic carbocycles. The third-order valence-corrected chi connectivity index (χ3v) is 4.90. The van der Waals surface area contributed by atoms with Gasteiger partial charge in [-0.15, -0.1) is 0 Å². The Balaban J connectivity index is 1.88. The maximum atomic E-state index is 14.2. The van der Waals surface area contributed by atoms with E-state index in [1.165, 1.54) is 30.9 Å². The number of hydrogen-bond acceptors (Lipinski definition) is 1. The summed E-state index contributed by atoms with van der Waals surface area (Å²) >= 11 is 3.30. The highest BCUT2D eigenvalue weighted by molar-refractivity contribution is 9.10. The Morgan fingerprint density at radius 1 is 1.14 bits per heavy atom. The number of rotatable bonds is 4. The van der Waals surface area contributed by atoms with Gasteiger partial charge in [-0.1, -0.05) is 52.7 Å². The molecule has 0 amide bonds. The average molecular weight is 348 g/mol. The highest BCUT2D eigenvalue weighted by Crippen LogP contribution is 2.37. The first kappa shape index (κ1) is 14.7. The van der Waals surface area contributed by atoms with Gasteiger partial charge in [0, 0.05) is 10.0 Å². The van der Waals surface area contributed by atoms with Gasteiger partial charge < -0.3 is 5.32 Å². The predicted octanol–water partition coefficient (Wildman–Crippen LogP) is 5.16. The van der Waals surface area contributed by atoms with Gasteiger partial charge in [-0.25, -0.2) is 4.39 Å². The lowest BCUT2D eigenvalue weighted by atomic mass is 9.79. The Morgan fingerprint density at radius 3 is 2.38 bits per heavy atom. The van der Waals surface area contributed by atoms with Crippen molar-refractivity contribution in [2.45, 2.75) is 31.2 Å². The van der Waals surface area contributed by atoms with Gasteiger partial charge in [0.2, 0.25) is 0 Å². The molecule has 2 aromatic rings. The molecule has 21 heavy (non-hydrogen) atoms. The molecule has 0 aromatic heterocycles. The van der Waals surface area contributed by atoms with E-state index >= 15 is 0 Å². The van der Waals surface area contributed by atoms with Gasteiger partial charge >= 0.3 is 0 Å². The summed E-state index contributed by atoms with van der Waals surface area (Å²) < 4.78 is 14.9. The van der Waals surface area contributed by atoms with Crippen LogP contribution in [0.2, 0.25) is 0 Å². The Hall–Kier alpha value is -1.19. The van der Waals surface area contributed by atoms with Crippen molar-refractivity contribution in [3.63, 3.8) is 0 Å². The van der Waals surface area contributed by atoms with Crippen LogP contribution >= 0.6 is 15.9 Å². The largest absolute Gasteiger partial charge is 0.309 e. The number of hydrogen-bond donors (Lipinski definition) is 1. The minimum absolute atomic E-state index is 0.117. The lowest BCUT2D eigenvalue weighted by molar-refractivity contribution is 0.419. The van der Waals surface area contributed by atoms with Gasteiger partial charge in [0.15, 0.2) is 0 Å². The van der Waals surface area contributed by atoms with Crippen LogP contribution in [-0.4, -0.2) is 7.05 Å². The van der Waals surface area contributed by atoms with Crippen molar-refractivity contribution in [1.29, 1.82) is 0 Å². The molecule has 110 valence electrons. The standard InChI is InChI=1S/C18H19BrFN/c1-21-18(16-10-9-15(19)11-17(16)20)14-7-5-13(6-8-14)12-3-2-4-12/h5-12,18,21H,2-4H2,1H3. The van der Waals surface area contributed by atoms with E-state index in [-0.39, 0.29) is 11.9 Å². The van der Waals surface area contributed by atoms with Gasteiger partial charge in [0.25, 0.3) is 0 Å². The minimum Gasteiger partial charge on any atom is -0.309 e. The van der Waals surface area contributed by atoms with Crippen LogP contribution in [0.15, 0.2) is 46.9 Å². The Kier molecular flexibility index (Phi) is 4.41. The van der Waals surface area contributed by atoms with E-state index in [0.29, 0.717) is 5.56 Å². The molecule has 1 unspecified atom stereocenters. The molecule has 1 aliphatic rings. The molecular formula is C18H19BrFN. The smallest absolute Gasteiger partial charge is 0.129 e. The first-order chi connectivity index (χ1) is 10.2. The molecule has 0 bridgehead atoms. The molecule has 1 nitrogen and oxygen atoms in total. The lowest BCUT2D eigenvalue weighted by Crippen LogP contribution is -2.19. The second-order valence-corrected chi connectivity index (χ2v) is 6.60. The van der Waals surface area contributed by atoms with Gasteiger partial charge in [-0.3, -0.25) is 0 Å². The molecular weight excluding hydrogens is 329 g/mol. The van der Waals surface area contributed by atoms with Crippen LogP contribution in [0.25, 0.3) is 0 Å². The zero-order chi connectivity index (χ0) is 14.8. The van der Waals surface area contributed by atoms with E-state index < -0.39 is 0 Å². The SMILES string of the molecule is CNC(c1ccc(C2CCC2)cc1)c1ccc(Br)cc1F. The summed E-state index contributed by atoms with van der Waals surface area (Å²) in [6, 6.07) is 13.7. The zero-order valence-electron chi connectivity index (χ0n) is 12.1. The molecule has 3 rings (SSSR count). The van der Waals surface area contributed by atoms with E-state index in [2.05, 4.69) is 45.5 Å². The summed E-state index contributed by atoms with van der Waals surface area (Å²) in [6.45, 7) is 0. The second kappa shape index (κ2) is 6.29. The maximum absolute atomic E-state index is 14.2. The summed E-state index contributed by atoms with van der Waals surface area (Å²) in [5.41, 5.74) is 3.19. The number of halogens is 2. The minimum atomic E-state index is -0.188. The summed E-state index contributed by atoms with van der Waals surface area (Å²) in [7, 11) is 1.87. The van der Waals surface area contributed by atoms with Crippen molar-refractivity contribution in [2.24, 2.45) is 0 Å². The molecule has 0 saturated heterocycles. The molecule has 1 fully saturated rings. The summed E-state index contributed by atoms with van der Waals surface area (Å²) in [6.07, 6.45) is 3.95. The fourth-order valence-electron chi connectivity index (χ4n) is 2.94. The molecule has 1 saturated carbocycles. The van der Waals surface area contributed by atoms with Crippen molar-refractivity contribution < 1.29 is 4.39 Å². The highest BCUT2D eigenvalue weighted by Gasteiger charge is 2.20. The van der Waals surface area contributed by atoms with Gasteiger partial charge in [0.1, 0.15) is 5.82 Å². The van der Waals surface area contributed by atoms with Crippen molar-refractivity contribution in [2.75, 3.05) is 7.05 Å². The molecule has 0 aliphatic heterocycles. The predicted molar refractivity (Wildman–Crippen MR) is 88.0 cm³/mol. The van der Waals surface area contributed by atoms with Crippen molar-refractivity contribution in [3.8, 4) is 0 Å². The fraction of sp³-hybridized carbons (Fsp3) is 0.333. The van der Waals surface area contributed by atoms with Crippen LogP contribution in [0.4, 0.5) is 4.39 Å². The first-order valence-electron chi connectivity index (χ1n) is 7.41. The lowest BCUT2D eigenvalue weighted by Gasteiger charge is -2.26. The van der Waals surface area contributed by atoms with Crippen molar-refractivity contribution in [3.05, 3.63) is 69.4 Å². The Morgan fingerprint density at radius 2 is 1.86 bits per heavy atom. The third kappa shape index (κ3) is 3.04. The third-order valence-electron chi connectivity index (χ3n) is 4.41. The Bertz CT molecular complexity index is 620. The van der Waals surface area contributed by atoms with Crippen LogP contribution in [0.1, 0.15) is 47.9 Å². The molecule has 1 atom stereocenters. The topological polar surface area (TPSA) is 12.0 Å². The van der Waals surface area contributed by atoms with Crippen LogP contribution in [0.5, 0.6) is 0 Å². The summed E-state index contributed by atoms with van der Waals surface area (Å²) in [5, 5.41) is 3.22. The highest BCUT2D eigenvalue weighted by atomic mass is 79.9. The second-order valence-electron chi connectivity index (χ2n) is 5.68. The molecule has 0 radical (unpaired) electrons. The van der Waals surface area contributed by atoms with E-state index in [9.17, 15) is 4.39 Å². The van der Waals surface area contributed by atoms with E-state index in [4.69, 9.17) is 0 Å². The maximum Gasteiger partial charge on any atom is 0.129 e. The van der Waals surface area contributed by atoms with Crippen LogP contribution in [0, 0.1) is 5.82 Å². The Labute approximate surface area is 133 Å². The van der Waals surface area contributed by atoms with E-state index in [1.807, 2.05) is 19.2 Å². The number of benzene rings is 2. The van der Waals surface area contributed by atoms with Crippen LogP contribution in [-0.2, 0) is 0 Å². The molecule has 0 heterocycles.